The number of hydrogen-bond acceptors (Lipinski definition) is 3. The predicted molar refractivity (Wildman–Crippen MR) is 102 cm³/mol. The van der Waals surface area contributed by atoms with E-state index in [1.165, 1.54) is 17.5 Å². The maximum absolute atomic E-state index is 12.8. The number of fused-ring (bicyclic) bond motifs is 1. The van der Waals surface area contributed by atoms with Crippen molar-refractivity contribution in [2.75, 3.05) is 13.1 Å². The Morgan fingerprint density at radius 1 is 1.15 bits per heavy atom. The summed E-state index contributed by atoms with van der Waals surface area (Å²) in [6.45, 7) is 5.33. The normalized spacial score (nSPS) is 18.8. The van der Waals surface area contributed by atoms with Crippen LogP contribution in [0.1, 0.15) is 57.1 Å². The van der Waals surface area contributed by atoms with Gasteiger partial charge in [0, 0.05) is 25.6 Å². The Kier molecular flexibility index (Phi) is 6.03. The molecule has 26 heavy (non-hydrogen) atoms. The van der Waals surface area contributed by atoms with Gasteiger partial charge in [-0.2, -0.15) is 0 Å². The van der Waals surface area contributed by atoms with Crippen molar-refractivity contribution < 1.29 is 13.2 Å². The van der Waals surface area contributed by atoms with E-state index in [1.807, 2.05) is 30.9 Å². The number of carbonyl (C=O) groups excluding carboxylic acids is 1. The van der Waals surface area contributed by atoms with E-state index in [9.17, 15) is 13.2 Å². The number of piperidine rings is 1. The van der Waals surface area contributed by atoms with Gasteiger partial charge in [-0.1, -0.05) is 19.9 Å². The van der Waals surface area contributed by atoms with Gasteiger partial charge in [0.25, 0.3) is 0 Å². The number of likely N-dealkylation sites (tertiary alicyclic amines) is 1. The topological polar surface area (TPSA) is 66.5 Å². The SMILES string of the molecule is CC(C)CC(=O)N1CCC(NS(=O)(=O)c2ccc3c(c2)CCCC3)CC1. The van der Waals surface area contributed by atoms with E-state index in [4.69, 9.17) is 0 Å². The lowest BCUT2D eigenvalue weighted by molar-refractivity contribution is -0.133. The molecule has 1 aliphatic heterocycles. The van der Waals surface area contributed by atoms with Crippen LogP contribution in [-0.2, 0) is 27.7 Å². The van der Waals surface area contributed by atoms with Crippen molar-refractivity contribution in [3.8, 4) is 0 Å². The van der Waals surface area contributed by atoms with Gasteiger partial charge in [-0.3, -0.25) is 4.79 Å². The van der Waals surface area contributed by atoms with Gasteiger partial charge in [-0.05, 0) is 67.7 Å². The third-order valence-electron chi connectivity index (χ3n) is 5.38. The van der Waals surface area contributed by atoms with Gasteiger partial charge in [0.2, 0.25) is 15.9 Å². The zero-order valence-corrected chi connectivity index (χ0v) is 16.6. The molecule has 1 aliphatic carbocycles. The highest BCUT2D eigenvalue weighted by Gasteiger charge is 2.27. The maximum atomic E-state index is 12.8. The van der Waals surface area contributed by atoms with Gasteiger partial charge in [0.15, 0.2) is 0 Å². The zero-order valence-electron chi connectivity index (χ0n) is 15.8. The summed E-state index contributed by atoms with van der Waals surface area (Å²) in [5, 5.41) is 0. The van der Waals surface area contributed by atoms with E-state index < -0.39 is 10.0 Å². The molecular formula is C20H30N2O3S. The molecule has 144 valence electrons. The number of nitrogens with zero attached hydrogens (tertiary/aromatic N) is 1. The van der Waals surface area contributed by atoms with Gasteiger partial charge in [0.05, 0.1) is 4.90 Å². The van der Waals surface area contributed by atoms with Crippen molar-refractivity contribution in [3.05, 3.63) is 29.3 Å². The van der Waals surface area contributed by atoms with Crippen LogP contribution in [0.3, 0.4) is 0 Å². The Labute approximate surface area is 157 Å². The molecule has 3 rings (SSSR count). The van der Waals surface area contributed by atoms with Gasteiger partial charge >= 0.3 is 0 Å². The van der Waals surface area contributed by atoms with Gasteiger partial charge in [-0.15, -0.1) is 0 Å². The summed E-state index contributed by atoms with van der Waals surface area (Å²) in [5.41, 5.74) is 2.46. The van der Waals surface area contributed by atoms with Crippen LogP contribution in [0.2, 0.25) is 0 Å². The van der Waals surface area contributed by atoms with Gasteiger partial charge in [0.1, 0.15) is 0 Å². The maximum Gasteiger partial charge on any atom is 0.240 e. The number of carbonyl (C=O) groups is 1. The zero-order chi connectivity index (χ0) is 18.7. The van der Waals surface area contributed by atoms with Crippen LogP contribution in [0, 0.1) is 5.92 Å². The van der Waals surface area contributed by atoms with Crippen LogP contribution in [0.4, 0.5) is 0 Å². The van der Waals surface area contributed by atoms with Crippen molar-refractivity contribution in [2.24, 2.45) is 5.92 Å². The average molecular weight is 379 g/mol. The molecule has 0 spiro atoms. The van der Waals surface area contributed by atoms with E-state index in [0.717, 1.165) is 19.3 Å². The van der Waals surface area contributed by atoms with Gasteiger partial charge in [-0.25, -0.2) is 13.1 Å². The minimum Gasteiger partial charge on any atom is -0.343 e. The first-order valence-corrected chi connectivity index (χ1v) is 11.3. The Morgan fingerprint density at radius 3 is 2.46 bits per heavy atom. The molecule has 0 bridgehead atoms. The molecule has 0 atom stereocenters. The Balaban J connectivity index is 1.60. The number of hydrogen-bond donors (Lipinski definition) is 1. The van der Waals surface area contributed by atoms with Crippen LogP contribution in [0.25, 0.3) is 0 Å². The molecule has 1 N–H and O–H groups in total. The first-order valence-electron chi connectivity index (χ1n) is 9.77. The minimum atomic E-state index is -3.50. The number of rotatable bonds is 5. The summed E-state index contributed by atoms with van der Waals surface area (Å²) < 4.78 is 28.4. The second kappa shape index (κ2) is 8.09. The van der Waals surface area contributed by atoms with Crippen LogP contribution in [0.15, 0.2) is 23.1 Å². The number of sulfonamides is 1. The summed E-state index contributed by atoms with van der Waals surface area (Å²) in [7, 11) is -3.50. The van der Waals surface area contributed by atoms with E-state index in [0.29, 0.717) is 43.2 Å². The highest BCUT2D eigenvalue weighted by molar-refractivity contribution is 7.89. The van der Waals surface area contributed by atoms with E-state index >= 15 is 0 Å². The third kappa shape index (κ3) is 4.65. The van der Waals surface area contributed by atoms with Crippen molar-refractivity contribution in [1.29, 1.82) is 0 Å². The Hall–Kier alpha value is -1.40. The number of benzene rings is 1. The molecule has 1 amide bonds. The molecule has 0 aromatic heterocycles. The minimum absolute atomic E-state index is 0.0980. The fourth-order valence-electron chi connectivity index (χ4n) is 3.89. The van der Waals surface area contributed by atoms with E-state index in [1.54, 1.807) is 6.07 Å². The molecule has 6 heteroatoms. The molecule has 0 unspecified atom stereocenters. The monoisotopic (exact) mass is 378 g/mol. The highest BCUT2D eigenvalue weighted by atomic mass is 32.2. The van der Waals surface area contributed by atoms with Crippen LogP contribution in [-0.4, -0.2) is 38.4 Å². The Bertz CT molecular complexity index is 750. The third-order valence-corrected chi connectivity index (χ3v) is 6.90. The average Bonchev–Trinajstić information content (AvgIpc) is 2.61. The fraction of sp³-hybridized carbons (Fsp3) is 0.650. The highest BCUT2D eigenvalue weighted by Crippen LogP contribution is 2.24. The summed E-state index contributed by atoms with van der Waals surface area (Å²) >= 11 is 0. The predicted octanol–water partition coefficient (Wildman–Crippen LogP) is 2.88. The Morgan fingerprint density at radius 2 is 1.81 bits per heavy atom. The molecular weight excluding hydrogens is 348 g/mol. The summed E-state index contributed by atoms with van der Waals surface area (Å²) in [5.74, 6) is 0.527. The number of nitrogens with one attached hydrogen (secondary N) is 1. The van der Waals surface area contributed by atoms with E-state index in [-0.39, 0.29) is 11.9 Å². The van der Waals surface area contributed by atoms with Crippen molar-refractivity contribution in [1.82, 2.24) is 9.62 Å². The molecule has 0 saturated carbocycles. The number of aryl methyl sites for hydroxylation is 2. The lowest BCUT2D eigenvalue weighted by Gasteiger charge is -2.32. The first kappa shape index (κ1) is 19.4. The van der Waals surface area contributed by atoms with E-state index in [2.05, 4.69) is 4.72 Å². The van der Waals surface area contributed by atoms with Crippen LogP contribution >= 0.6 is 0 Å². The quantitative estimate of drug-likeness (QED) is 0.857. The van der Waals surface area contributed by atoms with Crippen LogP contribution < -0.4 is 4.72 Å². The molecule has 0 radical (unpaired) electrons. The second-order valence-corrected chi connectivity index (χ2v) is 9.73. The number of amides is 1. The lowest BCUT2D eigenvalue weighted by Crippen LogP contribution is -2.46. The molecule has 1 fully saturated rings. The molecule has 5 nitrogen and oxygen atoms in total. The van der Waals surface area contributed by atoms with Gasteiger partial charge < -0.3 is 4.90 Å². The van der Waals surface area contributed by atoms with Crippen molar-refractivity contribution in [2.45, 2.75) is 69.7 Å². The fourth-order valence-corrected chi connectivity index (χ4v) is 5.24. The summed E-state index contributed by atoms with van der Waals surface area (Å²) in [6.07, 6.45) is 6.24. The molecule has 1 saturated heterocycles. The smallest absolute Gasteiger partial charge is 0.240 e. The standard InChI is InChI=1S/C20H30N2O3S/c1-15(2)13-20(23)22-11-9-18(10-12-22)21-26(24,25)19-8-7-16-5-3-4-6-17(16)14-19/h7-8,14-15,18,21H,3-6,9-13H2,1-2H3. The lowest BCUT2D eigenvalue weighted by atomic mass is 9.92. The molecule has 1 heterocycles. The van der Waals surface area contributed by atoms with Crippen LogP contribution in [0.5, 0.6) is 0 Å². The summed E-state index contributed by atoms with van der Waals surface area (Å²) in [6, 6.07) is 5.45. The first-order chi connectivity index (χ1) is 12.3. The molecule has 2 aliphatic rings. The van der Waals surface area contributed by atoms with Crippen molar-refractivity contribution >= 4 is 15.9 Å². The molecule has 1 aromatic rings. The second-order valence-electron chi connectivity index (χ2n) is 8.01. The summed E-state index contributed by atoms with van der Waals surface area (Å²) in [4.78, 5) is 14.4. The van der Waals surface area contributed by atoms with Crippen molar-refractivity contribution in [3.63, 3.8) is 0 Å². The largest absolute Gasteiger partial charge is 0.343 e. The molecule has 1 aromatic carbocycles.